The molecule has 25 heavy (non-hydrogen) atoms. The molecule has 2 aromatic heterocycles. The molecule has 1 aromatic carbocycles. The van der Waals surface area contributed by atoms with Gasteiger partial charge in [-0.3, -0.25) is 4.79 Å². The molecule has 1 N–H and O–H groups in total. The predicted molar refractivity (Wildman–Crippen MR) is 100 cm³/mol. The van der Waals surface area contributed by atoms with Crippen LogP contribution in [-0.2, 0) is 0 Å². The van der Waals surface area contributed by atoms with Crippen LogP contribution in [0.5, 0.6) is 11.5 Å². The summed E-state index contributed by atoms with van der Waals surface area (Å²) in [6, 6.07) is 7.29. The van der Waals surface area contributed by atoms with E-state index in [9.17, 15) is 4.79 Å². The van der Waals surface area contributed by atoms with E-state index in [1.807, 2.05) is 17.5 Å². The zero-order valence-electron chi connectivity index (χ0n) is 13.0. The van der Waals surface area contributed by atoms with E-state index in [0.29, 0.717) is 41.1 Å². The van der Waals surface area contributed by atoms with Gasteiger partial charge < -0.3 is 14.8 Å². The molecule has 0 fully saturated rings. The minimum atomic E-state index is -0.310. The van der Waals surface area contributed by atoms with Gasteiger partial charge in [-0.2, -0.15) is 0 Å². The van der Waals surface area contributed by atoms with Gasteiger partial charge in [-0.25, -0.2) is 4.98 Å². The second kappa shape index (κ2) is 7.03. The van der Waals surface area contributed by atoms with Gasteiger partial charge >= 0.3 is 0 Å². The Kier molecular flexibility index (Phi) is 4.61. The number of ether oxygens (including phenoxy) is 2. The third-order valence-corrected chi connectivity index (χ3v) is 5.75. The van der Waals surface area contributed by atoms with E-state index in [1.54, 1.807) is 28.8 Å². The highest BCUT2D eigenvalue weighted by molar-refractivity contribution is 7.20. The fourth-order valence-corrected chi connectivity index (χ4v) is 4.17. The van der Waals surface area contributed by atoms with Crippen molar-refractivity contribution >= 4 is 45.9 Å². The maximum atomic E-state index is 12.5. The third-order valence-electron chi connectivity index (χ3n) is 3.55. The minimum absolute atomic E-state index is 0.310. The molecule has 4 rings (SSSR count). The molecule has 8 heteroatoms. The number of carbonyl (C=O) groups excluding carboxylic acids is 1. The van der Waals surface area contributed by atoms with Crippen molar-refractivity contribution in [2.24, 2.45) is 0 Å². The Labute approximate surface area is 157 Å². The molecule has 0 spiro atoms. The maximum absolute atomic E-state index is 12.5. The first-order chi connectivity index (χ1) is 12.2. The standard InChI is InChI=1S/C17H13ClN2O3S2/c18-10-7-13-14(23-5-2-4-22-13)8-11(10)19-16(21)12-9-25-17(20-12)15-3-1-6-24-15/h1,3,6-9H,2,4-5H2,(H,19,21). The van der Waals surface area contributed by atoms with Gasteiger partial charge in [-0.05, 0) is 11.4 Å². The lowest BCUT2D eigenvalue weighted by molar-refractivity contribution is 0.102. The van der Waals surface area contributed by atoms with Crippen molar-refractivity contribution in [3.63, 3.8) is 0 Å². The van der Waals surface area contributed by atoms with Crippen molar-refractivity contribution in [2.45, 2.75) is 6.42 Å². The Morgan fingerprint density at radius 2 is 2.00 bits per heavy atom. The second-order valence-corrected chi connectivity index (χ2v) is 7.51. The predicted octanol–water partition coefficient (Wildman–Crippen LogP) is 4.94. The molecular weight excluding hydrogens is 380 g/mol. The Morgan fingerprint density at radius 3 is 2.76 bits per heavy atom. The molecule has 0 atom stereocenters. The molecule has 0 bridgehead atoms. The first-order valence-corrected chi connectivity index (χ1v) is 9.74. The summed E-state index contributed by atoms with van der Waals surface area (Å²) in [5.41, 5.74) is 0.832. The quantitative estimate of drug-likeness (QED) is 0.685. The van der Waals surface area contributed by atoms with Crippen molar-refractivity contribution < 1.29 is 14.3 Å². The van der Waals surface area contributed by atoms with E-state index >= 15 is 0 Å². The number of aromatic nitrogens is 1. The van der Waals surface area contributed by atoms with Crippen molar-refractivity contribution in [3.05, 3.63) is 45.7 Å². The van der Waals surface area contributed by atoms with Crippen LogP contribution >= 0.6 is 34.3 Å². The smallest absolute Gasteiger partial charge is 0.275 e. The number of nitrogens with zero attached hydrogens (tertiary/aromatic N) is 1. The van der Waals surface area contributed by atoms with Crippen LogP contribution in [0.2, 0.25) is 5.02 Å². The monoisotopic (exact) mass is 392 g/mol. The van der Waals surface area contributed by atoms with Crippen LogP contribution in [0, 0.1) is 0 Å². The van der Waals surface area contributed by atoms with E-state index in [-0.39, 0.29) is 5.91 Å². The second-order valence-electron chi connectivity index (χ2n) is 5.30. The van der Waals surface area contributed by atoms with Gasteiger partial charge in [0.1, 0.15) is 10.7 Å². The van der Waals surface area contributed by atoms with E-state index in [0.717, 1.165) is 16.3 Å². The number of carbonyl (C=O) groups is 1. The summed E-state index contributed by atoms with van der Waals surface area (Å²) < 4.78 is 11.2. The summed E-state index contributed by atoms with van der Waals surface area (Å²) in [5.74, 6) is 0.860. The van der Waals surface area contributed by atoms with Crippen LogP contribution in [0.4, 0.5) is 5.69 Å². The van der Waals surface area contributed by atoms with Crippen LogP contribution in [-0.4, -0.2) is 24.1 Å². The lowest BCUT2D eigenvalue weighted by Crippen LogP contribution is -2.12. The first kappa shape index (κ1) is 16.4. The molecule has 0 saturated heterocycles. The number of halogens is 1. The number of anilines is 1. The zero-order valence-corrected chi connectivity index (χ0v) is 15.3. The summed E-state index contributed by atoms with van der Waals surface area (Å²) in [6.45, 7) is 1.15. The van der Waals surface area contributed by atoms with Crippen molar-refractivity contribution in [3.8, 4) is 21.4 Å². The van der Waals surface area contributed by atoms with E-state index < -0.39 is 0 Å². The topological polar surface area (TPSA) is 60.5 Å². The fraction of sp³-hybridized carbons (Fsp3) is 0.176. The van der Waals surface area contributed by atoms with E-state index in [1.165, 1.54) is 11.3 Å². The number of thiazole rings is 1. The van der Waals surface area contributed by atoms with Crippen LogP contribution in [0.25, 0.3) is 9.88 Å². The number of rotatable bonds is 3. The third kappa shape index (κ3) is 3.49. The van der Waals surface area contributed by atoms with Gasteiger partial charge in [0.25, 0.3) is 5.91 Å². The molecule has 1 aliphatic rings. The Morgan fingerprint density at radius 1 is 1.20 bits per heavy atom. The van der Waals surface area contributed by atoms with Gasteiger partial charge in [0.05, 0.1) is 28.8 Å². The zero-order chi connectivity index (χ0) is 17.2. The molecule has 0 unspecified atom stereocenters. The Bertz CT molecular complexity index is 909. The number of benzene rings is 1. The molecule has 0 radical (unpaired) electrons. The van der Waals surface area contributed by atoms with Crippen LogP contribution in [0.3, 0.4) is 0 Å². The summed E-state index contributed by atoms with van der Waals surface area (Å²) in [7, 11) is 0. The normalized spacial score (nSPS) is 13.3. The Hall–Kier alpha value is -2.09. The van der Waals surface area contributed by atoms with Crippen LogP contribution in [0.1, 0.15) is 16.9 Å². The molecule has 3 aromatic rings. The van der Waals surface area contributed by atoms with E-state index in [4.69, 9.17) is 21.1 Å². The van der Waals surface area contributed by atoms with Gasteiger partial charge in [-0.15, -0.1) is 22.7 Å². The van der Waals surface area contributed by atoms with Gasteiger partial charge in [0.2, 0.25) is 0 Å². The molecule has 5 nitrogen and oxygen atoms in total. The number of nitrogens with one attached hydrogen (secondary N) is 1. The summed E-state index contributed by atoms with van der Waals surface area (Å²) in [4.78, 5) is 17.9. The van der Waals surface area contributed by atoms with Crippen LogP contribution < -0.4 is 14.8 Å². The molecule has 3 heterocycles. The molecule has 0 aliphatic carbocycles. The number of hydrogen-bond donors (Lipinski definition) is 1. The average molecular weight is 393 g/mol. The number of thiophene rings is 1. The fourth-order valence-electron chi connectivity index (χ4n) is 2.36. The van der Waals surface area contributed by atoms with Crippen molar-refractivity contribution in [1.29, 1.82) is 0 Å². The number of fused-ring (bicyclic) bond motifs is 1. The van der Waals surface area contributed by atoms with Gasteiger partial charge in [0, 0.05) is 23.9 Å². The van der Waals surface area contributed by atoms with Crippen molar-refractivity contribution in [2.75, 3.05) is 18.5 Å². The van der Waals surface area contributed by atoms with Gasteiger partial charge in [-0.1, -0.05) is 17.7 Å². The minimum Gasteiger partial charge on any atom is -0.490 e. The lowest BCUT2D eigenvalue weighted by atomic mass is 10.2. The molecule has 0 saturated carbocycles. The average Bonchev–Trinajstić information content (AvgIpc) is 3.24. The maximum Gasteiger partial charge on any atom is 0.275 e. The summed E-state index contributed by atoms with van der Waals surface area (Å²) in [6.07, 6.45) is 0.804. The molecule has 128 valence electrons. The molecular formula is C17H13ClN2O3S2. The molecule has 1 aliphatic heterocycles. The summed E-state index contributed by atoms with van der Waals surface area (Å²) >= 11 is 9.29. The highest BCUT2D eigenvalue weighted by Crippen LogP contribution is 2.38. The lowest BCUT2D eigenvalue weighted by Gasteiger charge is -2.12. The summed E-state index contributed by atoms with van der Waals surface area (Å²) in [5, 5.41) is 7.73. The highest BCUT2D eigenvalue weighted by atomic mass is 35.5. The first-order valence-electron chi connectivity index (χ1n) is 7.60. The Balaban J connectivity index is 1.56. The van der Waals surface area contributed by atoms with Crippen molar-refractivity contribution in [1.82, 2.24) is 4.98 Å². The van der Waals surface area contributed by atoms with Crippen LogP contribution in [0.15, 0.2) is 35.0 Å². The number of amides is 1. The largest absolute Gasteiger partial charge is 0.490 e. The highest BCUT2D eigenvalue weighted by Gasteiger charge is 2.18. The number of hydrogen-bond acceptors (Lipinski definition) is 6. The van der Waals surface area contributed by atoms with E-state index in [2.05, 4.69) is 10.3 Å². The van der Waals surface area contributed by atoms with Gasteiger partial charge in [0.15, 0.2) is 11.5 Å². The molecule has 1 amide bonds. The SMILES string of the molecule is O=C(Nc1cc2c(cc1Cl)OCCCO2)c1csc(-c2cccs2)n1.